The van der Waals surface area contributed by atoms with Gasteiger partial charge in [0, 0.05) is 5.92 Å². The number of hydrogen-bond acceptors (Lipinski definition) is 2. The molecule has 0 heterocycles. The SMILES string of the molecule is Cc1ccc(/C(=N/N=C(N)N)C2CC2)cc1. The second kappa shape index (κ2) is 4.35. The molecule has 4 N–H and O–H groups in total. The van der Waals surface area contributed by atoms with Crippen molar-refractivity contribution in [2.45, 2.75) is 19.8 Å². The third-order valence-corrected chi connectivity index (χ3v) is 2.58. The van der Waals surface area contributed by atoms with Gasteiger partial charge in [0.25, 0.3) is 0 Å². The second-order valence-corrected chi connectivity index (χ2v) is 4.15. The summed E-state index contributed by atoms with van der Waals surface area (Å²) in [5.41, 5.74) is 13.9. The average molecular weight is 216 g/mol. The van der Waals surface area contributed by atoms with Crippen molar-refractivity contribution in [3.63, 3.8) is 0 Å². The molecule has 1 aromatic carbocycles. The predicted octanol–water partition coefficient (Wildman–Crippen LogP) is 1.38. The highest BCUT2D eigenvalue weighted by Crippen LogP contribution is 2.33. The molecule has 1 aromatic rings. The van der Waals surface area contributed by atoms with Gasteiger partial charge in [0.05, 0.1) is 5.71 Å². The van der Waals surface area contributed by atoms with Gasteiger partial charge in [0.2, 0.25) is 5.96 Å². The fourth-order valence-electron chi connectivity index (χ4n) is 1.57. The van der Waals surface area contributed by atoms with Crippen molar-refractivity contribution in [1.29, 1.82) is 0 Å². The standard InChI is InChI=1S/C12H16N4/c1-8-2-4-9(5-3-8)11(10-6-7-10)15-16-12(13)14/h2-5,10H,6-7H2,1H3,(H4,13,14,16)/b15-11-. The van der Waals surface area contributed by atoms with E-state index in [2.05, 4.69) is 41.4 Å². The van der Waals surface area contributed by atoms with Gasteiger partial charge in [-0.1, -0.05) is 29.8 Å². The summed E-state index contributed by atoms with van der Waals surface area (Å²) in [7, 11) is 0. The van der Waals surface area contributed by atoms with E-state index in [0.29, 0.717) is 5.92 Å². The van der Waals surface area contributed by atoms with E-state index in [0.717, 1.165) is 11.3 Å². The van der Waals surface area contributed by atoms with Crippen molar-refractivity contribution in [3.8, 4) is 0 Å². The smallest absolute Gasteiger partial charge is 0.211 e. The van der Waals surface area contributed by atoms with Crippen molar-refractivity contribution < 1.29 is 0 Å². The Hall–Kier alpha value is -1.84. The van der Waals surface area contributed by atoms with Crippen LogP contribution in [0.15, 0.2) is 34.5 Å². The van der Waals surface area contributed by atoms with Crippen LogP contribution in [-0.4, -0.2) is 11.7 Å². The zero-order chi connectivity index (χ0) is 11.5. The Balaban J connectivity index is 2.29. The van der Waals surface area contributed by atoms with E-state index in [1.165, 1.54) is 18.4 Å². The molecular formula is C12H16N4. The molecule has 0 amide bonds. The van der Waals surface area contributed by atoms with Crippen LogP contribution in [0.3, 0.4) is 0 Å². The zero-order valence-corrected chi connectivity index (χ0v) is 9.35. The van der Waals surface area contributed by atoms with Gasteiger partial charge in [-0.05, 0) is 25.3 Å². The van der Waals surface area contributed by atoms with Crippen LogP contribution >= 0.6 is 0 Å². The summed E-state index contributed by atoms with van der Waals surface area (Å²) in [6.07, 6.45) is 2.35. The molecule has 1 aliphatic carbocycles. The molecule has 0 bridgehead atoms. The van der Waals surface area contributed by atoms with Gasteiger partial charge < -0.3 is 11.5 Å². The van der Waals surface area contributed by atoms with Crippen molar-refractivity contribution in [2.24, 2.45) is 27.6 Å². The molecule has 1 aliphatic rings. The maximum Gasteiger partial charge on any atom is 0.211 e. The number of nitrogens with zero attached hydrogens (tertiary/aromatic N) is 2. The number of nitrogens with two attached hydrogens (primary N) is 2. The highest BCUT2D eigenvalue weighted by molar-refractivity contribution is 6.03. The number of hydrogen-bond donors (Lipinski definition) is 2. The van der Waals surface area contributed by atoms with Crippen molar-refractivity contribution in [3.05, 3.63) is 35.4 Å². The van der Waals surface area contributed by atoms with Crippen LogP contribution in [0.1, 0.15) is 24.0 Å². The first-order chi connectivity index (χ1) is 7.66. The van der Waals surface area contributed by atoms with E-state index in [4.69, 9.17) is 11.5 Å². The second-order valence-electron chi connectivity index (χ2n) is 4.15. The Morgan fingerprint density at radius 1 is 1.12 bits per heavy atom. The van der Waals surface area contributed by atoms with Crippen molar-refractivity contribution in [2.75, 3.05) is 0 Å². The summed E-state index contributed by atoms with van der Waals surface area (Å²) < 4.78 is 0. The molecule has 0 unspecified atom stereocenters. The Bertz CT molecular complexity index is 423. The highest BCUT2D eigenvalue weighted by Gasteiger charge is 2.28. The third-order valence-electron chi connectivity index (χ3n) is 2.58. The molecule has 0 atom stereocenters. The summed E-state index contributed by atoms with van der Waals surface area (Å²) in [5, 5.41) is 7.88. The molecule has 4 nitrogen and oxygen atoms in total. The Morgan fingerprint density at radius 2 is 1.75 bits per heavy atom. The lowest BCUT2D eigenvalue weighted by Crippen LogP contribution is -2.22. The molecule has 0 aliphatic heterocycles. The Labute approximate surface area is 95.1 Å². The van der Waals surface area contributed by atoms with Gasteiger partial charge in [-0.25, -0.2) is 0 Å². The normalized spacial score (nSPS) is 15.9. The lowest BCUT2D eigenvalue weighted by atomic mass is 10.1. The topological polar surface area (TPSA) is 76.8 Å². The summed E-state index contributed by atoms with van der Waals surface area (Å²) >= 11 is 0. The zero-order valence-electron chi connectivity index (χ0n) is 9.35. The molecule has 2 rings (SSSR count). The van der Waals surface area contributed by atoms with Crippen molar-refractivity contribution in [1.82, 2.24) is 0 Å². The van der Waals surface area contributed by atoms with Gasteiger partial charge in [0.15, 0.2) is 0 Å². The first-order valence-electron chi connectivity index (χ1n) is 5.40. The summed E-state index contributed by atoms with van der Waals surface area (Å²) in [5.74, 6) is 0.524. The number of rotatable bonds is 3. The van der Waals surface area contributed by atoms with Crippen LogP contribution in [0.5, 0.6) is 0 Å². The lowest BCUT2D eigenvalue weighted by Gasteiger charge is -2.03. The average Bonchev–Trinajstić information content (AvgIpc) is 3.04. The fraction of sp³-hybridized carbons (Fsp3) is 0.333. The summed E-state index contributed by atoms with van der Waals surface area (Å²) in [4.78, 5) is 0. The number of guanidine groups is 1. The van der Waals surface area contributed by atoms with Gasteiger partial charge >= 0.3 is 0 Å². The number of aryl methyl sites for hydroxylation is 1. The van der Waals surface area contributed by atoms with E-state index in [1.807, 2.05) is 0 Å². The monoisotopic (exact) mass is 216 g/mol. The van der Waals surface area contributed by atoms with Gasteiger partial charge in [0.1, 0.15) is 0 Å². The highest BCUT2D eigenvalue weighted by atomic mass is 15.3. The van der Waals surface area contributed by atoms with E-state index < -0.39 is 0 Å². The Kier molecular flexibility index (Phi) is 2.90. The minimum Gasteiger partial charge on any atom is -0.369 e. The minimum atomic E-state index is 0.00487. The van der Waals surface area contributed by atoms with Crippen molar-refractivity contribution >= 4 is 11.7 Å². The maximum atomic E-state index is 5.28. The van der Waals surface area contributed by atoms with E-state index >= 15 is 0 Å². The molecule has 0 radical (unpaired) electrons. The molecule has 0 spiro atoms. The first-order valence-corrected chi connectivity index (χ1v) is 5.40. The van der Waals surface area contributed by atoms with E-state index in [-0.39, 0.29) is 5.96 Å². The van der Waals surface area contributed by atoms with Gasteiger partial charge in [-0.2, -0.15) is 5.10 Å². The van der Waals surface area contributed by atoms with E-state index in [1.54, 1.807) is 0 Å². The van der Waals surface area contributed by atoms with Crippen LogP contribution < -0.4 is 11.5 Å². The molecule has 1 fully saturated rings. The Morgan fingerprint density at radius 3 is 2.25 bits per heavy atom. The molecule has 0 aromatic heterocycles. The summed E-state index contributed by atoms with van der Waals surface area (Å²) in [6, 6.07) is 8.27. The quantitative estimate of drug-likeness (QED) is 0.455. The first kappa shape index (κ1) is 10.7. The van der Waals surface area contributed by atoms with Crippen LogP contribution in [0, 0.1) is 12.8 Å². The predicted molar refractivity (Wildman–Crippen MR) is 66.2 cm³/mol. The number of benzene rings is 1. The van der Waals surface area contributed by atoms with E-state index in [9.17, 15) is 0 Å². The molecular weight excluding hydrogens is 200 g/mol. The lowest BCUT2D eigenvalue weighted by molar-refractivity contribution is 1.11. The molecule has 84 valence electrons. The molecule has 0 saturated heterocycles. The molecule has 16 heavy (non-hydrogen) atoms. The van der Waals surface area contributed by atoms with Crippen LogP contribution in [0.4, 0.5) is 0 Å². The largest absolute Gasteiger partial charge is 0.369 e. The summed E-state index contributed by atoms with van der Waals surface area (Å²) in [6.45, 7) is 2.06. The van der Waals surface area contributed by atoms with Crippen LogP contribution in [-0.2, 0) is 0 Å². The fourth-order valence-corrected chi connectivity index (χ4v) is 1.57. The van der Waals surface area contributed by atoms with Crippen LogP contribution in [0.2, 0.25) is 0 Å². The van der Waals surface area contributed by atoms with Gasteiger partial charge in [-0.3, -0.25) is 0 Å². The third kappa shape index (κ3) is 2.59. The van der Waals surface area contributed by atoms with Gasteiger partial charge in [-0.15, -0.1) is 5.10 Å². The maximum absolute atomic E-state index is 5.28. The van der Waals surface area contributed by atoms with Crippen LogP contribution in [0.25, 0.3) is 0 Å². The minimum absolute atomic E-state index is 0.00487. The molecule has 4 heteroatoms. The molecule has 1 saturated carbocycles.